The lowest BCUT2D eigenvalue weighted by atomic mass is 10.1. The standard InChI is InChI=1S/C15H14Cl2FN/c16-13-3-1-11(2-4-13)7-8-19-10-12-9-14(18)5-6-15(12)17/h1-6,9,19H,7-8,10H2. The highest BCUT2D eigenvalue weighted by atomic mass is 35.5. The summed E-state index contributed by atoms with van der Waals surface area (Å²) in [5.41, 5.74) is 1.99. The Labute approximate surface area is 122 Å². The fourth-order valence-electron chi connectivity index (χ4n) is 1.79. The average Bonchev–Trinajstić information content (AvgIpc) is 2.40. The molecule has 100 valence electrons. The zero-order valence-electron chi connectivity index (χ0n) is 10.3. The van der Waals surface area contributed by atoms with Gasteiger partial charge in [0.25, 0.3) is 0 Å². The highest BCUT2D eigenvalue weighted by Gasteiger charge is 2.01. The van der Waals surface area contributed by atoms with E-state index in [2.05, 4.69) is 5.32 Å². The minimum absolute atomic E-state index is 0.265. The van der Waals surface area contributed by atoms with Crippen LogP contribution < -0.4 is 5.32 Å². The van der Waals surface area contributed by atoms with Crippen LogP contribution in [-0.2, 0) is 13.0 Å². The zero-order chi connectivity index (χ0) is 13.7. The quantitative estimate of drug-likeness (QED) is 0.803. The Bertz CT molecular complexity index is 540. The van der Waals surface area contributed by atoms with E-state index in [1.54, 1.807) is 6.07 Å². The molecule has 0 fully saturated rings. The molecule has 1 nitrogen and oxygen atoms in total. The number of hydrogen-bond acceptors (Lipinski definition) is 1. The lowest BCUT2D eigenvalue weighted by molar-refractivity contribution is 0.620. The van der Waals surface area contributed by atoms with Crippen molar-refractivity contribution in [3.05, 3.63) is 69.5 Å². The first-order valence-electron chi connectivity index (χ1n) is 6.04. The molecular weight excluding hydrogens is 284 g/mol. The Morgan fingerprint density at radius 3 is 2.47 bits per heavy atom. The second-order valence-corrected chi connectivity index (χ2v) is 5.13. The Kier molecular flexibility index (Phi) is 5.20. The third kappa shape index (κ3) is 4.50. The topological polar surface area (TPSA) is 12.0 Å². The van der Waals surface area contributed by atoms with Crippen LogP contribution in [0.15, 0.2) is 42.5 Å². The lowest BCUT2D eigenvalue weighted by Crippen LogP contribution is -2.17. The van der Waals surface area contributed by atoms with Crippen LogP contribution in [0.1, 0.15) is 11.1 Å². The van der Waals surface area contributed by atoms with E-state index in [-0.39, 0.29) is 5.82 Å². The summed E-state index contributed by atoms with van der Waals surface area (Å²) in [6, 6.07) is 12.1. The van der Waals surface area contributed by atoms with Gasteiger partial charge < -0.3 is 5.32 Å². The SMILES string of the molecule is Fc1ccc(Cl)c(CNCCc2ccc(Cl)cc2)c1. The first-order chi connectivity index (χ1) is 9.15. The van der Waals surface area contributed by atoms with Crippen LogP contribution in [0.25, 0.3) is 0 Å². The van der Waals surface area contributed by atoms with Crippen molar-refractivity contribution in [3.63, 3.8) is 0 Å². The van der Waals surface area contributed by atoms with Crippen molar-refractivity contribution in [2.75, 3.05) is 6.54 Å². The molecule has 0 aliphatic rings. The summed E-state index contributed by atoms with van der Waals surface area (Å²) in [7, 11) is 0. The molecule has 2 aromatic rings. The van der Waals surface area contributed by atoms with Gasteiger partial charge in [0.2, 0.25) is 0 Å². The van der Waals surface area contributed by atoms with Gasteiger partial charge in [-0.25, -0.2) is 4.39 Å². The summed E-state index contributed by atoms with van der Waals surface area (Å²) in [6.45, 7) is 1.36. The van der Waals surface area contributed by atoms with Gasteiger partial charge in [-0.15, -0.1) is 0 Å². The summed E-state index contributed by atoms with van der Waals surface area (Å²) in [5, 5.41) is 4.57. The van der Waals surface area contributed by atoms with Crippen molar-refractivity contribution in [2.45, 2.75) is 13.0 Å². The molecule has 0 radical (unpaired) electrons. The minimum Gasteiger partial charge on any atom is -0.312 e. The maximum absolute atomic E-state index is 13.1. The second-order valence-electron chi connectivity index (χ2n) is 4.29. The van der Waals surface area contributed by atoms with Crippen LogP contribution in [0.2, 0.25) is 10.0 Å². The van der Waals surface area contributed by atoms with Gasteiger partial charge in [-0.1, -0.05) is 35.3 Å². The molecule has 1 N–H and O–H groups in total. The predicted molar refractivity (Wildman–Crippen MR) is 78.3 cm³/mol. The molecule has 0 heterocycles. The molecule has 0 aliphatic carbocycles. The highest BCUT2D eigenvalue weighted by Crippen LogP contribution is 2.16. The van der Waals surface area contributed by atoms with Crippen LogP contribution in [0.5, 0.6) is 0 Å². The van der Waals surface area contributed by atoms with Gasteiger partial charge in [0.15, 0.2) is 0 Å². The van der Waals surface area contributed by atoms with Crippen LogP contribution in [0.4, 0.5) is 4.39 Å². The Hall–Kier alpha value is -1.09. The van der Waals surface area contributed by atoms with E-state index < -0.39 is 0 Å². The van der Waals surface area contributed by atoms with E-state index >= 15 is 0 Å². The fraction of sp³-hybridized carbons (Fsp3) is 0.200. The maximum atomic E-state index is 13.1. The highest BCUT2D eigenvalue weighted by molar-refractivity contribution is 6.31. The van der Waals surface area contributed by atoms with Crippen molar-refractivity contribution in [1.82, 2.24) is 5.32 Å². The van der Waals surface area contributed by atoms with E-state index in [0.717, 1.165) is 23.6 Å². The molecule has 2 rings (SSSR count). The predicted octanol–water partition coefficient (Wildman–Crippen LogP) is 4.46. The molecule has 0 atom stereocenters. The smallest absolute Gasteiger partial charge is 0.123 e. The van der Waals surface area contributed by atoms with Gasteiger partial charge in [0.1, 0.15) is 5.82 Å². The second kappa shape index (κ2) is 6.90. The van der Waals surface area contributed by atoms with Gasteiger partial charge in [-0.2, -0.15) is 0 Å². The van der Waals surface area contributed by atoms with Gasteiger partial charge in [0.05, 0.1) is 0 Å². The van der Waals surface area contributed by atoms with Crippen molar-refractivity contribution >= 4 is 23.2 Å². The molecule has 0 saturated carbocycles. The Balaban J connectivity index is 1.80. The van der Waals surface area contributed by atoms with Gasteiger partial charge >= 0.3 is 0 Å². The molecule has 0 aliphatic heterocycles. The summed E-state index contributed by atoms with van der Waals surface area (Å²) < 4.78 is 13.1. The van der Waals surface area contributed by atoms with Crippen molar-refractivity contribution in [2.24, 2.45) is 0 Å². The summed E-state index contributed by atoms with van der Waals surface area (Å²) in [6.07, 6.45) is 0.893. The molecule has 0 spiro atoms. The number of nitrogens with one attached hydrogen (secondary N) is 1. The molecule has 0 aromatic heterocycles. The third-order valence-electron chi connectivity index (χ3n) is 2.83. The average molecular weight is 298 g/mol. The van der Waals surface area contributed by atoms with Crippen LogP contribution in [-0.4, -0.2) is 6.54 Å². The van der Waals surface area contributed by atoms with Crippen molar-refractivity contribution < 1.29 is 4.39 Å². The lowest BCUT2D eigenvalue weighted by Gasteiger charge is -2.07. The number of halogens is 3. The van der Waals surface area contributed by atoms with E-state index in [1.165, 1.54) is 17.7 Å². The number of rotatable bonds is 5. The number of hydrogen-bond donors (Lipinski definition) is 1. The van der Waals surface area contributed by atoms with Gasteiger partial charge in [0, 0.05) is 16.6 Å². The van der Waals surface area contributed by atoms with Crippen molar-refractivity contribution in [1.29, 1.82) is 0 Å². The molecule has 4 heteroatoms. The van der Waals surface area contributed by atoms with Crippen LogP contribution in [0, 0.1) is 5.82 Å². The fourth-order valence-corrected chi connectivity index (χ4v) is 2.10. The largest absolute Gasteiger partial charge is 0.312 e. The first kappa shape index (κ1) is 14.3. The van der Waals surface area contributed by atoms with E-state index in [9.17, 15) is 4.39 Å². The third-order valence-corrected chi connectivity index (χ3v) is 3.45. The van der Waals surface area contributed by atoms with Crippen LogP contribution in [0.3, 0.4) is 0 Å². The minimum atomic E-state index is -0.265. The normalized spacial score (nSPS) is 10.7. The number of benzene rings is 2. The van der Waals surface area contributed by atoms with Gasteiger partial charge in [-0.05, 0) is 54.4 Å². The summed E-state index contributed by atoms with van der Waals surface area (Å²) in [5.74, 6) is -0.265. The molecule has 0 saturated heterocycles. The first-order valence-corrected chi connectivity index (χ1v) is 6.80. The van der Waals surface area contributed by atoms with Gasteiger partial charge in [-0.3, -0.25) is 0 Å². The van der Waals surface area contributed by atoms with E-state index in [0.29, 0.717) is 11.6 Å². The zero-order valence-corrected chi connectivity index (χ0v) is 11.8. The molecule has 0 amide bonds. The monoisotopic (exact) mass is 297 g/mol. The molecule has 2 aromatic carbocycles. The summed E-state index contributed by atoms with van der Waals surface area (Å²) in [4.78, 5) is 0. The Morgan fingerprint density at radius 1 is 1.00 bits per heavy atom. The van der Waals surface area contributed by atoms with E-state index in [1.807, 2.05) is 24.3 Å². The van der Waals surface area contributed by atoms with E-state index in [4.69, 9.17) is 23.2 Å². The summed E-state index contributed by atoms with van der Waals surface area (Å²) >= 11 is 11.8. The maximum Gasteiger partial charge on any atom is 0.123 e. The van der Waals surface area contributed by atoms with Crippen molar-refractivity contribution in [3.8, 4) is 0 Å². The molecular formula is C15H14Cl2FN. The molecule has 19 heavy (non-hydrogen) atoms. The Morgan fingerprint density at radius 2 is 1.74 bits per heavy atom. The van der Waals surface area contributed by atoms with Crippen LogP contribution >= 0.6 is 23.2 Å². The molecule has 0 unspecified atom stereocenters. The molecule has 0 bridgehead atoms.